The van der Waals surface area contributed by atoms with Crippen molar-refractivity contribution in [1.82, 2.24) is 0 Å². The van der Waals surface area contributed by atoms with Gasteiger partial charge in [-0.05, 0) is 30.2 Å². The molecular weight excluding hydrogens is 282 g/mol. The molecule has 1 rings (SSSR count). The van der Waals surface area contributed by atoms with Gasteiger partial charge >= 0.3 is 5.97 Å². The smallest absolute Gasteiger partial charge is 0.308 e. The van der Waals surface area contributed by atoms with Gasteiger partial charge in [0.2, 0.25) is 0 Å². The molecule has 94 valence electrons. The first kappa shape index (κ1) is 14.6. The highest BCUT2D eigenvalue weighted by molar-refractivity contribution is 6.68. The third kappa shape index (κ3) is 4.06. The molecule has 0 saturated carbocycles. The van der Waals surface area contributed by atoms with Gasteiger partial charge in [0.25, 0.3) is 0 Å². The molecule has 0 amide bonds. The van der Waals surface area contributed by atoms with Gasteiger partial charge in [0.15, 0.2) is 3.79 Å². The van der Waals surface area contributed by atoms with Crippen LogP contribution in [0.4, 0.5) is 0 Å². The molecule has 2 nitrogen and oxygen atoms in total. The van der Waals surface area contributed by atoms with Crippen LogP contribution in [0.1, 0.15) is 30.9 Å². The van der Waals surface area contributed by atoms with Gasteiger partial charge in [-0.2, -0.15) is 0 Å². The second kappa shape index (κ2) is 5.47. The average molecular weight is 296 g/mol. The van der Waals surface area contributed by atoms with Crippen molar-refractivity contribution in [2.24, 2.45) is 0 Å². The van der Waals surface area contributed by atoms with Crippen LogP contribution in [0.5, 0.6) is 5.75 Å². The van der Waals surface area contributed by atoms with Crippen LogP contribution in [0.3, 0.4) is 0 Å². The summed E-state index contributed by atoms with van der Waals surface area (Å²) in [5.41, 5.74) is 1.84. The quantitative estimate of drug-likeness (QED) is 0.459. The Morgan fingerprint density at radius 1 is 1.35 bits per heavy atom. The number of carbonyl (C=O) groups is 1. The third-order valence-electron chi connectivity index (χ3n) is 2.47. The van der Waals surface area contributed by atoms with Crippen LogP contribution in [0.2, 0.25) is 0 Å². The SMILES string of the molecule is CC(=O)Oc1ccc(C)c([C@@H](C)C(Cl)(Cl)Cl)c1. The molecule has 0 radical (unpaired) electrons. The third-order valence-corrected chi connectivity index (χ3v) is 3.45. The fraction of sp³-hybridized carbons (Fsp3) is 0.417. The molecule has 0 saturated heterocycles. The molecule has 0 bridgehead atoms. The highest BCUT2D eigenvalue weighted by atomic mass is 35.6. The normalized spacial score (nSPS) is 13.3. The molecule has 1 aromatic rings. The van der Waals surface area contributed by atoms with E-state index in [1.807, 2.05) is 19.9 Å². The fourth-order valence-electron chi connectivity index (χ4n) is 1.49. The Balaban J connectivity index is 3.10. The molecule has 0 aliphatic heterocycles. The van der Waals surface area contributed by atoms with Gasteiger partial charge in [-0.3, -0.25) is 4.79 Å². The predicted molar refractivity (Wildman–Crippen MR) is 71.2 cm³/mol. The van der Waals surface area contributed by atoms with E-state index in [-0.39, 0.29) is 11.9 Å². The predicted octanol–water partition coefficient (Wildman–Crippen LogP) is 4.39. The number of carbonyl (C=O) groups excluding carboxylic acids is 1. The fourth-order valence-corrected chi connectivity index (χ4v) is 1.84. The lowest BCUT2D eigenvalue weighted by Gasteiger charge is -2.22. The molecule has 1 aromatic carbocycles. The van der Waals surface area contributed by atoms with Crippen molar-refractivity contribution in [2.75, 3.05) is 0 Å². The molecule has 0 unspecified atom stereocenters. The van der Waals surface area contributed by atoms with Gasteiger partial charge in [0.1, 0.15) is 5.75 Å². The summed E-state index contributed by atoms with van der Waals surface area (Å²) in [6, 6.07) is 5.27. The minimum absolute atomic E-state index is 0.289. The van der Waals surface area contributed by atoms with E-state index in [2.05, 4.69) is 0 Å². The number of halogens is 3. The molecule has 5 heteroatoms. The molecule has 0 spiro atoms. The Morgan fingerprint density at radius 3 is 2.41 bits per heavy atom. The standard InChI is InChI=1S/C12H13Cl3O2/c1-7-4-5-10(17-9(3)16)6-11(7)8(2)12(13,14)15/h4-6,8H,1-3H3/t8-/m1/s1. The van der Waals surface area contributed by atoms with Crippen LogP contribution in [0.15, 0.2) is 18.2 Å². The van der Waals surface area contributed by atoms with E-state index < -0.39 is 3.79 Å². The Bertz CT molecular complexity index is 424. The first-order valence-electron chi connectivity index (χ1n) is 5.07. The van der Waals surface area contributed by atoms with Gasteiger partial charge in [0, 0.05) is 12.8 Å². The second-order valence-corrected chi connectivity index (χ2v) is 6.24. The molecule has 0 aromatic heterocycles. The molecule has 1 atom stereocenters. The van der Waals surface area contributed by atoms with E-state index in [0.29, 0.717) is 5.75 Å². The van der Waals surface area contributed by atoms with Crippen LogP contribution in [-0.2, 0) is 4.79 Å². The van der Waals surface area contributed by atoms with Gasteiger partial charge in [0.05, 0.1) is 0 Å². The lowest BCUT2D eigenvalue weighted by molar-refractivity contribution is -0.131. The number of aryl methyl sites for hydroxylation is 1. The van der Waals surface area contributed by atoms with Crippen LogP contribution < -0.4 is 4.74 Å². The zero-order valence-electron chi connectivity index (χ0n) is 9.76. The van der Waals surface area contributed by atoms with Crippen molar-refractivity contribution in [3.05, 3.63) is 29.3 Å². The van der Waals surface area contributed by atoms with Gasteiger partial charge < -0.3 is 4.74 Å². The number of hydrogen-bond acceptors (Lipinski definition) is 2. The molecule has 0 heterocycles. The van der Waals surface area contributed by atoms with E-state index in [9.17, 15) is 4.79 Å². The lowest BCUT2D eigenvalue weighted by Crippen LogP contribution is -2.15. The van der Waals surface area contributed by atoms with Crippen LogP contribution in [0, 0.1) is 6.92 Å². The van der Waals surface area contributed by atoms with Crippen molar-refractivity contribution in [3.8, 4) is 5.75 Å². The van der Waals surface area contributed by atoms with Crippen LogP contribution >= 0.6 is 34.8 Å². The maximum atomic E-state index is 10.9. The summed E-state index contributed by atoms with van der Waals surface area (Å²) in [7, 11) is 0. The summed E-state index contributed by atoms with van der Waals surface area (Å²) in [6.07, 6.45) is 0. The van der Waals surface area contributed by atoms with Crippen molar-refractivity contribution in [1.29, 1.82) is 0 Å². The minimum Gasteiger partial charge on any atom is -0.427 e. The topological polar surface area (TPSA) is 26.3 Å². The molecule has 0 aliphatic rings. The monoisotopic (exact) mass is 294 g/mol. The van der Waals surface area contributed by atoms with E-state index in [0.717, 1.165) is 11.1 Å². The number of hydrogen-bond donors (Lipinski definition) is 0. The van der Waals surface area contributed by atoms with E-state index in [4.69, 9.17) is 39.5 Å². The summed E-state index contributed by atoms with van der Waals surface area (Å²) < 4.78 is 3.62. The average Bonchev–Trinajstić information content (AvgIpc) is 2.18. The molecular formula is C12H13Cl3O2. The maximum Gasteiger partial charge on any atom is 0.308 e. The highest BCUT2D eigenvalue weighted by Crippen LogP contribution is 2.42. The lowest BCUT2D eigenvalue weighted by atomic mass is 9.97. The van der Waals surface area contributed by atoms with Crippen molar-refractivity contribution in [3.63, 3.8) is 0 Å². The van der Waals surface area contributed by atoms with Crippen LogP contribution in [0.25, 0.3) is 0 Å². The molecule has 0 aliphatic carbocycles. The Hall–Kier alpha value is -0.440. The first-order chi connectivity index (χ1) is 7.71. The van der Waals surface area contributed by atoms with Crippen molar-refractivity contribution < 1.29 is 9.53 Å². The second-order valence-electron chi connectivity index (χ2n) is 3.88. The Labute approximate surface area is 116 Å². The molecule has 17 heavy (non-hydrogen) atoms. The van der Waals surface area contributed by atoms with Gasteiger partial charge in [-0.15, -0.1) is 0 Å². The van der Waals surface area contributed by atoms with Crippen molar-refractivity contribution in [2.45, 2.75) is 30.5 Å². The Kier molecular flexibility index (Phi) is 4.70. The van der Waals surface area contributed by atoms with Gasteiger partial charge in [-0.25, -0.2) is 0 Å². The first-order valence-corrected chi connectivity index (χ1v) is 6.21. The van der Waals surface area contributed by atoms with E-state index in [1.54, 1.807) is 12.1 Å². The number of alkyl halides is 3. The maximum absolute atomic E-state index is 10.9. The number of ether oxygens (including phenoxy) is 1. The zero-order chi connectivity index (χ0) is 13.2. The summed E-state index contributed by atoms with van der Waals surface area (Å²) in [6.45, 7) is 5.07. The van der Waals surface area contributed by atoms with Gasteiger partial charge in [-0.1, -0.05) is 47.8 Å². The van der Waals surface area contributed by atoms with E-state index in [1.165, 1.54) is 6.92 Å². The summed E-state index contributed by atoms with van der Waals surface area (Å²) >= 11 is 17.6. The molecule has 0 N–H and O–H groups in total. The summed E-state index contributed by atoms with van der Waals surface area (Å²) in [5.74, 6) is -0.205. The molecule has 0 fully saturated rings. The summed E-state index contributed by atoms with van der Waals surface area (Å²) in [5, 5.41) is 0. The number of benzene rings is 1. The largest absolute Gasteiger partial charge is 0.427 e. The Morgan fingerprint density at radius 2 is 1.94 bits per heavy atom. The van der Waals surface area contributed by atoms with Crippen molar-refractivity contribution >= 4 is 40.8 Å². The van der Waals surface area contributed by atoms with E-state index >= 15 is 0 Å². The minimum atomic E-state index is -1.39. The van der Waals surface area contributed by atoms with Crippen LogP contribution in [-0.4, -0.2) is 9.76 Å². The number of esters is 1. The number of rotatable bonds is 2. The summed E-state index contributed by atoms with van der Waals surface area (Å²) in [4.78, 5) is 10.9. The highest BCUT2D eigenvalue weighted by Gasteiger charge is 2.31. The zero-order valence-corrected chi connectivity index (χ0v) is 12.0.